The van der Waals surface area contributed by atoms with E-state index in [2.05, 4.69) is 36.4 Å². The Bertz CT molecular complexity index is 2110. The summed E-state index contributed by atoms with van der Waals surface area (Å²) in [7, 11) is 0. The molecule has 3 aromatic rings. The number of amides is 5. The van der Waals surface area contributed by atoms with Crippen LogP contribution in [0.5, 0.6) is 0 Å². The molecule has 7 heterocycles. The fourth-order valence-corrected chi connectivity index (χ4v) is 10.3. The van der Waals surface area contributed by atoms with Crippen molar-refractivity contribution in [2.24, 2.45) is 5.92 Å². The van der Waals surface area contributed by atoms with E-state index in [1.807, 2.05) is 41.3 Å². The fraction of sp³-hybridized carbons (Fsp3) is 0.540. The van der Waals surface area contributed by atoms with Crippen LogP contribution in [0.1, 0.15) is 114 Å². The van der Waals surface area contributed by atoms with Crippen molar-refractivity contribution in [1.29, 1.82) is 0 Å². The molecule has 0 radical (unpaired) electrons. The molecule has 0 bridgehead atoms. The molecule has 340 valence electrons. The number of aryl methyl sites for hydroxylation is 1. The highest BCUT2D eigenvalue weighted by Crippen LogP contribution is 2.31. The summed E-state index contributed by atoms with van der Waals surface area (Å²) in [5.41, 5.74) is 4.51. The standard InChI is InChI=1S/C50H65N9O5/c60-46(17-13-38-9-7-23-51-34-38)52-24-4-3-8-37-19-26-58(27-20-37)49(63)40-14-16-45(53-35-40)57-28-21-41(22-29-57)56-32-30-55(31-33-56)25-5-1-2-10-39-11-6-12-42-43(39)36-59(50(42)64)44-15-18-47(61)54-48(44)62/h6-7,9,11-14,16-17,23,34-35,37,41,44H,1-5,8,10,15,18-22,24-33,36H2,(H,52,60)(H,54,61,62)/b17-13+. The maximum Gasteiger partial charge on any atom is 0.255 e. The molecule has 64 heavy (non-hydrogen) atoms. The Morgan fingerprint density at radius 1 is 0.812 bits per heavy atom. The zero-order chi connectivity index (χ0) is 44.3. The lowest BCUT2D eigenvalue weighted by Crippen LogP contribution is -2.53. The van der Waals surface area contributed by atoms with Gasteiger partial charge in [-0.15, -0.1) is 0 Å². The Kier molecular flexibility index (Phi) is 15.5. The van der Waals surface area contributed by atoms with Crippen molar-refractivity contribution >= 4 is 41.4 Å². The molecule has 14 heteroatoms. The number of unbranched alkanes of at least 4 members (excludes halogenated alkanes) is 3. The second-order valence-electron chi connectivity index (χ2n) is 18.3. The van der Waals surface area contributed by atoms with Crippen molar-refractivity contribution in [2.45, 2.75) is 102 Å². The molecule has 2 aromatic heterocycles. The van der Waals surface area contributed by atoms with E-state index in [-0.39, 0.29) is 36.0 Å². The number of hydrogen-bond donors (Lipinski definition) is 2. The monoisotopic (exact) mass is 872 g/mol. The average Bonchev–Trinajstić information content (AvgIpc) is 3.67. The zero-order valence-corrected chi connectivity index (χ0v) is 37.3. The molecule has 0 spiro atoms. The minimum absolute atomic E-state index is 0.0767. The number of piperazine rings is 1. The molecule has 5 aliphatic rings. The number of benzene rings is 1. The number of likely N-dealkylation sites (tertiary alicyclic amines) is 1. The first-order valence-electron chi connectivity index (χ1n) is 23.9. The number of pyridine rings is 2. The van der Waals surface area contributed by atoms with Crippen molar-refractivity contribution in [3.63, 3.8) is 0 Å². The molecule has 2 N–H and O–H groups in total. The topological polar surface area (TPSA) is 151 Å². The lowest BCUT2D eigenvalue weighted by Gasteiger charge is -2.43. The SMILES string of the molecule is O=C(/C=C/c1cccnc1)NCCCCC1CCN(C(=O)c2ccc(N3CCC(N4CCN(CCCCCc5cccc6c5CN(C5CCC(=O)NC5=O)C6=O)CC4)CC3)nc2)CC1. The zero-order valence-electron chi connectivity index (χ0n) is 37.3. The highest BCUT2D eigenvalue weighted by atomic mass is 16.2. The molecule has 1 aromatic carbocycles. The maximum absolute atomic E-state index is 13.4. The molecular formula is C50H65N9O5. The minimum Gasteiger partial charge on any atom is -0.357 e. The van der Waals surface area contributed by atoms with Gasteiger partial charge in [0.25, 0.3) is 11.8 Å². The highest BCUT2D eigenvalue weighted by molar-refractivity contribution is 6.05. The van der Waals surface area contributed by atoms with Gasteiger partial charge in [0.1, 0.15) is 11.9 Å². The normalized spacial score (nSPS) is 20.5. The Hall–Kier alpha value is -5.47. The van der Waals surface area contributed by atoms with Gasteiger partial charge in [0.2, 0.25) is 17.7 Å². The highest BCUT2D eigenvalue weighted by Gasteiger charge is 2.39. The molecule has 0 saturated carbocycles. The number of carbonyl (C=O) groups excluding carboxylic acids is 5. The molecule has 5 aliphatic heterocycles. The van der Waals surface area contributed by atoms with Crippen molar-refractivity contribution in [3.8, 4) is 0 Å². The number of fused-ring (bicyclic) bond motifs is 1. The Morgan fingerprint density at radius 3 is 2.39 bits per heavy atom. The summed E-state index contributed by atoms with van der Waals surface area (Å²) in [6, 6.07) is 13.7. The second kappa shape index (κ2) is 21.9. The third-order valence-electron chi connectivity index (χ3n) is 14.2. The molecule has 1 atom stereocenters. The Morgan fingerprint density at radius 2 is 1.64 bits per heavy atom. The predicted molar refractivity (Wildman–Crippen MR) is 246 cm³/mol. The van der Waals surface area contributed by atoms with E-state index in [0.717, 1.165) is 146 Å². The fourth-order valence-electron chi connectivity index (χ4n) is 10.3. The molecule has 5 amide bonds. The van der Waals surface area contributed by atoms with Crippen LogP contribution in [0.25, 0.3) is 6.08 Å². The number of anilines is 1. The van der Waals surface area contributed by atoms with Crippen molar-refractivity contribution in [2.75, 3.05) is 70.3 Å². The number of carbonyl (C=O) groups is 5. The molecule has 8 rings (SSSR count). The predicted octanol–water partition coefficient (Wildman–Crippen LogP) is 5.09. The first-order valence-corrected chi connectivity index (χ1v) is 23.9. The molecular weight excluding hydrogens is 807 g/mol. The summed E-state index contributed by atoms with van der Waals surface area (Å²) in [6.07, 6.45) is 20.9. The van der Waals surface area contributed by atoms with Crippen LogP contribution in [-0.2, 0) is 27.3 Å². The van der Waals surface area contributed by atoms with Crippen LogP contribution >= 0.6 is 0 Å². The van der Waals surface area contributed by atoms with Gasteiger partial charge in [-0.2, -0.15) is 0 Å². The van der Waals surface area contributed by atoms with E-state index in [1.54, 1.807) is 35.6 Å². The molecule has 4 saturated heterocycles. The van der Waals surface area contributed by atoms with Gasteiger partial charge in [-0.3, -0.25) is 39.2 Å². The van der Waals surface area contributed by atoms with Gasteiger partial charge in [-0.1, -0.05) is 37.5 Å². The van der Waals surface area contributed by atoms with E-state index < -0.39 is 6.04 Å². The van der Waals surface area contributed by atoms with E-state index in [1.165, 1.54) is 5.56 Å². The Labute approximate surface area is 377 Å². The van der Waals surface area contributed by atoms with Crippen LogP contribution < -0.4 is 15.5 Å². The summed E-state index contributed by atoms with van der Waals surface area (Å²) in [4.78, 5) is 82.9. The summed E-state index contributed by atoms with van der Waals surface area (Å²) < 4.78 is 0. The van der Waals surface area contributed by atoms with Crippen molar-refractivity contribution in [3.05, 3.63) is 94.9 Å². The summed E-state index contributed by atoms with van der Waals surface area (Å²) in [6.45, 7) is 10.1. The lowest BCUT2D eigenvalue weighted by atomic mass is 9.91. The van der Waals surface area contributed by atoms with Crippen molar-refractivity contribution in [1.82, 2.24) is 40.2 Å². The van der Waals surface area contributed by atoms with Gasteiger partial charge in [0.15, 0.2) is 0 Å². The van der Waals surface area contributed by atoms with Crippen LogP contribution in [0.4, 0.5) is 5.82 Å². The summed E-state index contributed by atoms with van der Waals surface area (Å²) in [5.74, 6) is 0.829. The summed E-state index contributed by atoms with van der Waals surface area (Å²) in [5, 5.41) is 5.36. The van der Waals surface area contributed by atoms with Gasteiger partial charge < -0.3 is 24.9 Å². The first-order chi connectivity index (χ1) is 31.3. The number of imide groups is 1. The smallest absolute Gasteiger partial charge is 0.255 e. The van der Waals surface area contributed by atoms with E-state index in [0.29, 0.717) is 42.6 Å². The van der Waals surface area contributed by atoms with Crippen LogP contribution in [0.3, 0.4) is 0 Å². The minimum atomic E-state index is -0.579. The molecule has 4 fully saturated rings. The third kappa shape index (κ3) is 11.6. The number of aromatic nitrogens is 2. The van der Waals surface area contributed by atoms with Crippen LogP contribution in [0, 0.1) is 5.92 Å². The molecule has 14 nitrogen and oxygen atoms in total. The van der Waals surface area contributed by atoms with Gasteiger partial charge >= 0.3 is 0 Å². The largest absolute Gasteiger partial charge is 0.357 e. The van der Waals surface area contributed by atoms with Crippen LogP contribution in [0.2, 0.25) is 0 Å². The number of nitrogens with one attached hydrogen (secondary N) is 2. The van der Waals surface area contributed by atoms with Crippen LogP contribution in [0.15, 0.2) is 67.1 Å². The maximum atomic E-state index is 13.4. The van der Waals surface area contributed by atoms with Gasteiger partial charge in [0, 0.05) is 108 Å². The number of piperidine rings is 3. The summed E-state index contributed by atoms with van der Waals surface area (Å²) >= 11 is 0. The van der Waals surface area contributed by atoms with E-state index >= 15 is 0 Å². The third-order valence-corrected chi connectivity index (χ3v) is 14.2. The van der Waals surface area contributed by atoms with E-state index in [4.69, 9.17) is 4.98 Å². The number of rotatable bonds is 17. The molecule has 0 aliphatic carbocycles. The average molecular weight is 872 g/mol. The van der Waals surface area contributed by atoms with Gasteiger partial charge in [-0.05, 0) is 117 Å². The first kappa shape index (κ1) is 45.1. The second-order valence-corrected chi connectivity index (χ2v) is 18.3. The molecule has 1 unspecified atom stereocenters. The van der Waals surface area contributed by atoms with Crippen LogP contribution in [-0.4, -0.2) is 137 Å². The lowest BCUT2D eigenvalue weighted by molar-refractivity contribution is -0.137. The Balaban J connectivity index is 0.670. The number of hydrogen-bond acceptors (Lipinski definition) is 10. The number of nitrogens with zero attached hydrogens (tertiary/aromatic N) is 7. The van der Waals surface area contributed by atoms with E-state index in [9.17, 15) is 24.0 Å². The van der Waals surface area contributed by atoms with Gasteiger partial charge in [-0.25, -0.2) is 4.98 Å². The quantitative estimate of drug-likeness (QED) is 0.107. The van der Waals surface area contributed by atoms with Gasteiger partial charge in [0.05, 0.1) is 5.56 Å². The van der Waals surface area contributed by atoms with Crippen molar-refractivity contribution < 1.29 is 24.0 Å².